The van der Waals surface area contributed by atoms with Crippen molar-refractivity contribution in [2.45, 2.75) is 24.2 Å². The van der Waals surface area contributed by atoms with Crippen molar-refractivity contribution in [3.63, 3.8) is 0 Å². The molecule has 128 valence electrons. The number of benzene rings is 1. The van der Waals surface area contributed by atoms with E-state index in [1.165, 1.54) is 0 Å². The molecule has 1 aliphatic rings. The molecule has 0 bridgehead atoms. The second-order valence-corrected chi connectivity index (χ2v) is 6.32. The number of likely N-dealkylation sites (tertiary alicyclic amines) is 1. The molecule has 1 amide bonds. The number of halogens is 1. The van der Waals surface area contributed by atoms with Gasteiger partial charge >= 0.3 is 5.97 Å². The highest BCUT2D eigenvalue weighted by Crippen LogP contribution is 2.24. The van der Waals surface area contributed by atoms with E-state index >= 15 is 0 Å². The van der Waals surface area contributed by atoms with E-state index in [1.54, 1.807) is 11.8 Å². The summed E-state index contributed by atoms with van der Waals surface area (Å²) in [5, 5.41) is 12.0. The summed E-state index contributed by atoms with van der Waals surface area (Å²) in [5.41, 5.74) is 0.835. The zero-order valence-electron chi connectivity index (χ0n) is 13.2. The van der Waals surface area contributed by atoms with Crippen LogP contribution in [0.2, 0.25) is 0 Å². The Morgan fingerprint density at radius 3 is 2.83 bits per heavy atom. The Labute approximate surface area is 147 Å². The highest BCUT2D eigenvalue weighted by molar-refractivity contribution is 7.98. The van der Waals surface area contributed by atoms with Gasteiger partial charge in [-0.25, -0.2) is 0 Å². The summed E-state index contributed by atoms with van der Waals surface area (Å²) in [6, 6.07) is 7.71. The van der Waals surface area contributed by atoms with E-state index in [4.69, 9.17) is 5.11 Å². The molecule has 1 fully saturated rings. The first kappa shape index (κ1) is 19.8. The van der Waals surface area contributed by atoms with Gasteiger partial charge in [-0.15, -0.1) is 24.2 Å². The molecule has 0 saturated carbocycles. The molecule has 1 saturated heterocycles. The average molecular weight is 359 g/mol. The number of anilines is 1. The number of thioether (sulfide) groups is 1. The van der Waals surface area contributed by atoms with Crippen molar-refractivity contribution in [1.82, 2.24) is 4.90 Å². The van der Waals surface area contributed by atoms with Crippen LogP contribution in [0.15, 0.2) is 29.2 Å². The Balaban J connectivity index is 0.00000264. The Bertz CT molecular complexity index is 542. The van der Waals surface area contributed by atoms with Crippen LogP contribution in [-0.2, 0) is 9.59 Å². The number of carboxylic acid groups (broad SMARTS) is 1. The lowest BCUT2D eigenvalue weighted by Crippen LogP contribution is -2.40. The lowest BCUT2D eigenvalue weighted by atomic mass is 9.98. The van der Waals surface area contributed by atoms with Gasteiger partial charge in [-0.1, -0.05) is 12.1 Å². The molecule has 1 unspecified atom stereocenters. The van der Waals surface area contributed by atoms with Gasteiger partial charge in [-0.3, -0.25) is 9.59 Å². The minimum absolute atomic E-state index is 0. The SMILES string of the molecule is CSc1ccccc1NC(=O)CCN1CCCC(C(=O)O)C1.Cl. The predicted octanol–water partition coefficient (Wildman–Crippen LogP) is 2.96. The number of hydrogen-bond donors (Lipinski definition) is 2. The van der Waals surface area contributed by atoms with Crippen LogP contribution in [0.1, 0.15) is 19.3 Å². The molecule has 2 rings (SSSR count). The second-order valence-electron chi connectivity index (χ2n) is 5.48. The summed E-state index contributed by atoms with van der Waals surface area (Å²) in [6.45, 7) is 2.03. The van der Waals surface area contributed by atoms with Crippen molar-refractivity contribution in [2.24, 2.45) is 5.92 Å². The fraction of sp³-hybridized carbons (Fsp3) is 0.500. The van der Waals surface area contributed by atoms with Gasteiger partial charge in [0, 0.05) is 24.4 Å². The molecule has 1 aliphatic heterocycles. The predicted molar refractivity (Wildman–Crippen MR) is 95.5 cm³/mol. The molecule has 1 atom stereocenters. The third kappa shape index (κ3) is 6.05. The maximum absolute atomic E-state index is 12.1. The molecule has 1 aromatic rings. The number of amides is 1. The van der Waals surface area contributed by atoms with E-state index in [-0.39, 0.29) is 24.2 Å². The van der Waals surface area contributed by atoms with Crippen molar-refractivity contribution in [3.05, 3.63) is 24.3 Å². The lowest BCUT2D eigenvalue weighted by molar-refractivity contribution is -0.143. The smallest absolute Gasteiger partial charge is 0.307 e. The van der Waals surface area contributed by atoms with E-state index in [9.17, 15) is 9.59 Å². The first-order valence-electron chi connectivity index (χ1n) is 7.48. The van der Waals surface area contributed by atoms with Crippen LogP contribution in [0, 0.1) is 5.92 Å². The molecule has 2 N–H and O–H groups in total. The molecule has 0 spiro atoms. The molecule has 7 heteroatoms. The van der Waals surface area contributed by atoms with Gasteiger partial charge in [0.15, 0.2) is 0 Å². The summed E-state index contributed by atoms with van der Waals surface area (Å²) in [5.74, 6) is -1.06. The third-order valence-electron chi connectivity index (χ3n) is 3.89. The Morgan fingerprint density at radius 2 is 2.13 bits per heavy atom. The van der Waals surface area contributed by atoms with Gasteiger partial charge in [-0.05, 0) is 37.8 Å². The number of hydrogen-bond acceptors (Lipinski definition) is 4. The van der Waals surface area contributed by atoms with Crippen molar-refractivity contribution in [1.29, 1.82) is 0 Å². The van der Waals surface area contributed by atoms with E-state index < -0.39 is 5.97 Å². The summed E-state index contributed by atoms with van der Waals surface area (Å²) in [6.07, 6.45) is 3.98. The minimum Gasteiger partial charge on any atom is -0.481 e. The quantitative estimate of drug-likeness (QED) is 0.765. The van der Waals surface area contributed by atoms with Crippen LogP contribution >= 0.6 is 24.2 Å². The number of nitrogens with zero attached hydrogens (tertiary/aromatic N) is 1. The number of nitrogens with one attached hydrogen (secondary N) is 1. The largest absolute Gasteiger partial charge is 0.481 e. The van der Waals surface area contributed by atoms with Crippen molar-refractivity contribution in [3.8, 4) is 0 Å². The summed E-state index contributed by atoms with van der Waals surface area (Å²) < 4.78 is 0. The first-order valence-corrected chi connectivity index (χ1v) is 8.70. The van der Waals surface area contributed by atoms with Gasteiger partial charge < -0.3 is 15.3 Å². The zero-order valence-corrected chi connectivity index (χ0v) is 14.8. The topological polar surface area (TPSA) is 69.6 Å². The lowest BCUT2D eigenvalue weighted by Gasteiger charge is -2.30. The number of carbonyl (C=O) groups is 2. The van der Waals surface area contributed by atoms with Gasteiger partial charge in [0.05, 0.1) is 11.6 Å². The fourth-order valence-electron chi connectivity index (χ4n) is 2.68. The van der Waals surface area contributed by atoms with Crippen LogP contribution in [0.4, 0.5) is 5.69 Å². The molecule has 0 aromatic heterocycles. The van der Waals surface area contributed by atoms with E-state index in [0.717, 1.165) is 30.0 Å². The number of para-hydroxylation sites is 1. The molecule has 1 aromatic carbocycles. The monoisotopic (exact) mass is 358 g/mol. The molecular weight excluding hydrogens is 336 g/mol. The maximum Gasteiger partial charge on any atom is 0.307 e. The van der Waals surface area contributed by atoms with E-state index in [2.05, 4.69) is 10.2 Å². The first-order chi connectivity index (χ1) is 10.6. The number of carbonyl (C=O) groups excluding carboxylic acids is 1. The zero-order chi connectivity index (χ0) is 15.9. The van der Waals surface area contributed by atoms with Crippen LogP contribution in [-0.4, -0.2) is 47.8 Å². The highest BCUT2D eigenvalue weighted by Gasteiger charge is 2.25. The molecule has 5 nitrogen and oxygen atoms in total. The standard InChI is InChI=1S/C16H22N2O3S.ClH/c1-22-14-7-3-2-6-13(14)17-15(19)8-10-18-9-4-5-12(11-18)16(20)21;/h2-3,6-7,12H,4-5,8-11H2,1H3,(H,17,19)(H,20,21);1H. The van der Waals surface area contributed by atoms with Crippen molar-refractivity contribution >= 4 is 41.7 Å². The van der Waals surface area contributed by atoms with Crippen LogP contribution in [0.5, 0.6) is 0 Å². The van der Waals surface area contributed by atoms with Crippen LogP contribution in [0.25, 0.3) is 0 Å². The number of carboxylic acids is 1. The van der Waals surface area contributed by atoms with E-state index in [0.29, 0.717) is 19.5 Å². The van der Waals surface area contributed by atoms with Crippen LogP contribution < -0.4 is 5.32 Å². The van der Waals surface area contributed by atoms with Crippen molar-refractivity contribution < 1.29 is 14.7 Å². The Hall–Kier alpha value is -1.24. The van der Waals surface area contributed by atoms with Gasteiger partial charge in [0.1, 0.15) is 0 Å². The van der Waals surface area contributed by atoms with Gasteiger partial charge in [0.25, 0.3) is 0 Å². The number of aliphatic carboxylic acids is 1. The number of rotatable bonds is 6. The fourth-order valence-corrected chi connectivity index (χ4v) is 3.23. The Morgan fingerprint density at radius 1 is 1.39 bits per heavy atom. The summed E-state index contributed by atoms with van der Waals surface area (Å²) >= 11 is 1.60. The van der Waals surface area contributed by atoms with Gasteiger partial charge in [-0.2, -0.15) is 0 Å². The Kier molecular flexibility index (Phi) is 8.44. The summed E-state index contributed by atoms with van der Waals surface area (Å²) in [4.78, 5) is 26.2. The molecular formula is C16H23ClN2O3S. The number of piperidine rings is 1. The molecule has 1 heterocycles. The summed E-state index contributed by atoms with van der Waals surface area (Å²) in [7, 11) is 0. The van der Waals surface area contributed by atoms with Gasteiger partial charge in [0.2, 0.25) is 5.91 Å². The normalized spacial score (nSPS) is 18.0. The highest BCUT2D eigenvalue weighted by atomic mass is 35.5. The second kappa shape index (κ2) is 9.80. The van der Waals surface area contributed by atoms with Crippen molar-refractivity contribution in [2.75, 3.05) is 31.2 Å². The maximum atomic E-state index is 12.1. The molecule has 0 radical (unpaired) electrons. The van der Waals surface area contributed by atoms with Crippen LogP contribution in [0.3, 0.4) is 0 Å². The average Bonchev–Trinajstić information content (AvgIpc) is 2.53. The molecule has 0 aliphatic carbocycles. The minimum atomic E-state index is -0.733. The van der Waals surface area contributed by atoms with E-state index in [1.807, 2.05) is 30.5 Å². The third-order valence-corrected chi connectivity index (χ3v) is 4.69. The molecule has 23 heavy (non-hydrogen) atoms.